The first-order chi connectivity index (χ1) is 25.8. The number of rotatable bonds is 25. The van der Waals surface area contributed by atoms with Crippen LogP contribution in [-0.4, -0.2) is 30.5 Å². The number of nitrogens with zero attached hydrogens (tertiary/aromatic N) is 1. The number of allylic oxidation sites excluding steroid dienone is 3. The van der Waals surface area contributed by atoms with E-state index in [4.69, 9.17) is 10.7 Å². The molecule has 2 aromatic carbocycles. The van der Waals surface area contributed by atoms with E-state index in [0.29, 0.717) is 5.70 Å². The Balaban J connectivity index is 1.10. The van der Waals surface area contributed by atoms with Crippen LogP contribution in [-0.2, 0) is 11.2 Å². The van der Waals surface area contributed by atoms with Crippen molar-refractivity contribution in [2.75, 3.05) is 30.3 Å². The van der Waals surface area contributed by atoms with Crippen LogP contribution < -0.4 is 32.5 Å². The van der Waals surface area contributed by atoms with E-state index in [1.165, 1.54) is 56.1 Å². The number of hydrogen-bond donors (Lipinski definition) is 6. The van der Waals surface area contributed by atoms with Gasteiger partial charge in [0.15, 0.2) is 0 Å². The predicted octanol–water partition coefficient (Wildman–Crippen LogP) is 10.1. The molecule has 1 aliphatic rings. The molecule has 1 aromatic heterocycles. The van der Waals surface area contributed by atoms with Gasteiger partial charge in [0.2, 0.25) is 0 Å². The number of hydrogen-bond acceptors (Lipinski definition) is 7. The van der Waals surface area contributed by atoms with Gasteiger partial charge in [-0.05, 0) is 106 Å². The van der Waals surface area contributed by atoms with Crippen LogP contribution in [0.1, 0.15) is 108 Å². The molecule has 0 bridgehead atoms. The summed E-state index contributed by atoms with van der Waals surface area (Å²) in [5, 5.41) is 11.9. The smallest absolute Gasteiger partial charge is 0.265 e. The molecule has 0 spiro atoms. The predicted molar refractivity (Wildman–Crippen MR) is 227 cm³/mol. The highest BCUT2D eigenvalue weighted by molar-refractivity contribution is 6.00. The zero-order valence-electron chi connectivity index (χ0n) is 32.3. The number of fused-ring (bicyclic) bond motifs is 1. The zero-order chi connectivity index (χ0) is 37.8. The standard InChI is InChI=1S/C45H63N7O/c1-6-8-16-22-33(3)51-52-45(53)39-26-21-23-37(34(39)4)31-47-27-19-13-11-9-10-12-14-20-28-48-42-30-40-43(29-36(42)7-2)49-32-41(35(5)46)44(40)50-38-24-17-15-18-25-38/h6,15,17-18,23-25,29-30,32,47-48,51H,1,3,5,7-14,16,19-22,26-28,31,46H2,2,4H3,(H,49,50)(H,52,53). The van der Waals surface area contributed by atoms with Gasteiger partial charge in [0.1, 0.15) is 0 Å². The van der Waals surface area contributed by atoms with Crippen molar-refractivity contribution in [3.63, 3.8) is 0 Å². The number of carbonyl (C=O) groups is 1. The van der Waals surface area contributed by atoms with Crippen LogP contribution in [0.15, 0.2) is 103 Å². The summed E-state index contributed by atoms with van der Waals surface area (Å²) in [5.74, 6) is -0.0533. The molecule has 4 rings (SSSR count). The molecular formula is C45H63N7O. The van der Waals surface area contributed by atoms with Crippen molar-refractivity contribution in [1.29, 1.82) is 0 Å². The van der Waals surface area contributed by atoms with Crippen molar-refractivity contribution >= 4 is 39.6 Å². The molecule has 0 saturated heterocycles. The van der Waals surface area contributed by atoms with E-state index in [0.717, 1.165) is 115 Å². The minimum absolute atomic E-state index is 0.0533. The van der Waals surface area contributed by atoms with E-state index in [2.05, 4.69) is 78.6 Å². The van der Waals surface area contributed by atoms with Gasteiger partial charge in [0.05, 0.1) is 11.2 Å². The van der Waals surface area contributed by atoms with E-state index in [1.54, 1.807) is 0 Å². The van der Waals surface area contributed by atoms with E-state index >= 15 is 0 Å². The maximum Gasteiger partial charge on any atom is 0.265 e. The third kappa shape index (κ3) is 13.0. The number of pyridine rings is 1. The zero-order valence-corrected chi connectivity index (χ0v) is 32.3. The van der Waals surface area contributed by atoms with Gasteiger partial charge in [-0.3, -0.25) is 15.2 Å². The van der Waals surface area contributed by atoms with Gasteiger partial charge in [-0.25, -0.2) is 0 Å². The second kappa shape index (κ2) is 22.3. The molecule has 8 heteroatoms. The number of benzene rings is 2. The minimum Gasteiger partial charge on any atom is -0.399 e. The third-order valence-corrected chi connectivity index (χ3v) is 10.0. The third-order valence-electron chi connectivity index (χ3n) is 10.0. The Kier molecular flexibility index (Phi) is 17.2. The van der Waals surface area contributed by atoms with Crippen LogP contribution >= 0.6 is 0 Å². The summed E-state index contributed by atoms with van der Waals surface area (Å²) in [5.41, 5.74) is 22.7. The minimum atomic E-state index is -0.0533. The normalized spacial score (nSPS) is 12.7. The number of amides is 1. The van der Waals surface area contributed by atoms with Gasteiger partial charge in [0, 0.05) is 58.6 Å². The summed E-state index contributed by atoms with van der Waals surface area (Å²) in [7, 11) is 0. The fourth-order valence-corrected chi connectivity index (χ4v) is 6.82. The Hall–Kier alpha value is -4.82. The lowest BCUT2D eigenvalue weighted by Gasteiger charge is -2.20. The SMILES string of the molecule is C=CCCCC(=C)NNC(=O)C1=C(C)C(CNCCCCCCCCCCNc2cc3c(Nc4ccccc4)c(C(=C)N)cnc3cc2CC)=CCC1. The number of para-hydroxylation sites is 1. The fourth-order valence-electron chi connectivity index (χ4n) is 6.82. The number of aryl methyl sites for hydroxylation is 1. The van der Waals surface area contributed by atoms with Crippen molar-refractivity contribution < 1.29 is 4.79 Å². The molecule has 0 radical (unpaired) electrons. The topological polar surface area (TPSA) is 116 Å². The number of nitrogens with two attached hydrogens (primary N) is 1. The van der Waals surface area contributed by atoms with Gasteiger partial charge >= 0.3 is 0 Å². The average molecular weight is 718 g/mol. The Bertz CT molecular complexity index is 1740. The van der Waals surface area contributed by atoms with Gasteiger partial charge < -0.3 is 27.1 Å². The number of carbonyl (C=O) groups excluding carboxylic acids is 1. The van der Waals surface area contributed by atoms with Gasteiger partial charge in [0.25, 0.3) is 5.91 Å². The number of anilines is 3. The van der Waals surface area contributed by atoms with Crippen LogP contribution in [0.5, 0.6) is 0 Å². The molecule has 53 heavy (non-hydrogen) atoms. The van der Waals surface area contributed by atoms with E-state index in [1.807, 2.05) is 42.6 Å². The molecule has 7 N–H and O–H groups in total. The lowest BCUT2D eigenvalue weighted by molar-refractivity contribution is -0.118. The van der Waals surface area contributed by atoms with E-state index in [-0.39, 0.29) is 5.91 Å². The molecule has 0 saturated carbocycles. The lowest BCUT2D eigenvalue weighted by atomic mass is 9.91. The Morgan fingerprint density at radius 1 is 0.943 bits per heavy atom. The Labute approximate surface area is 318 Å². The maximum absolute atomic E-state index is 12.8. The molecule has 0 unspecified atom stereocenters. The molecular weight excluding hydrogens is 655 g/mol. The summed E-state index contributed by atoms with van der Waals surface area (Å²) in [4.78, 5) is 17.6. The summed E-state index contributed by atoms with van der Waals surface area (Å²) in [6, 6.07) is 14.6. The molecule has 1 heterocycles. The van der Waals surface area contributed by atoms with Crippen molar-refractivity contribution in [3.05, 3.63) is 114 Å². The first kappa shape index (κ1) is 40.9. The summed E-state index contributed by atoms with van der Waals surface area (Å²) < 4.78 is 0. The summed E-state index contributed by atoms with van der Waals surface area (Å²) in [6.07, 6.45) is 21.2. The second-order valence-corrected chi connectivity index (χ2v) is 14.1. The second-order valence-electron chi connectivity index (χ2n) is 14.1. The van der Waals surface area contributed by atoms with Crippen LogP contribution in [0.25, 0.3) is 16.6 Å². The highest BCUT2D eigenvalue weighted by atomic mass is 16.2. The highest BCUT2D eigenvalue weighted by Crippen LogP contribution is 2.35. The largest absolute Gasteiger partial charge is 0.399 e. The van der Waals surface area contributed by atoms with Crippen LogP contribution in [0.4, 0.5) is 17.1 Å². The molecule has 1 amide bonds. The monoisotopic (exact) mass is 718 g/mol. The Morgan fingerprint density at radius 3 is 2.36 bits per heavy atom. The molecule has 0 aliphatic heterocycles. The number of unbranched alkanes of at least 4 members (excludes halogenated alkanes) is 8. The van der Waals surface area contributed by atoms with Gasteiger partial charge in [-0.15, -0.1) is 6.58 Å². The number of aromatic nitrogens is 1. The number of hydrazine groups is 1. The van der Waals surface area contributed by atoms with Crippen molar-refractivity contribution in [2.45, 2.75) is 104 Å². The van der Waals surface area contributed by atoms with Crippen molar-refractivity contribution in [1.82, 2.24) is 21.2 Å². The first-order valence-electron chi connectivity index (χ1n) is 19.7. The van der Waals surface area contributed by atoms with E-state index < -0.39 is 0 Å². The van der Waals surface area contributed by atoms with Crippen LogP contribution in [0, 0.1) is 0 Å². The lowest BCUT2D eigenvalue weighted by Crippen LogP contribution is -2.38. The van der Waals surface area contributed by atoms with Crippen LogP contribution in [0.2, 0.25) is 0 Å². The van der Waals surface area contributed by atoms with Gasteiger partial charge in [-0.1, -0.05) is 89.0 Å². The molecule has 0 atom stereocenters. The average Bonchev–Trinajstić information content (AvgIpc) is 3.16. The molecule has 0 fully saturated rings. The summed E-state index contributed by atoms with van der Waals surface area (Å²) in [6.45, 7) is 18.8. The first-order valence-corrected chi connectivity index (χ1v) is 19.7. The van der Waals surface area contributed by atoms with Gasteiger partial charge in [-0.2, -0.15) is 0 Å². The fraction of sp³-hybridized carbons (Fsp3) is 0.422. The van der Waals surface area contributed by atoms with E-state index in [9.17, 15) is 4.79 Å². The van der Waals surface area contributed by atoms with Crippen molar-refractivity contribution in [2.24, 2.45) is 5.73 Å². The Morgan fingerprint density at radius 2 is 1.66 bits per heavy atom. The molecule has 8 nitrogen and oxygen atoms in total. The van der Waals surface area contributed by atoms with Crippen LogP contribution in [0.3, 0.4) is 0 Å². The maximum atomic E-state index is 12.8. The highest BCUT2D eigenvalue weighted by Gasteiger charge is 2.18. The molecule has 1 aliphatic carbocycles. The molecule has 3 aromatic rings. The van der Waals surface area contributed by atoms with Crippen molar-refractivity contribution in [3.8, 4) is 0 Å². The molecule has 284 valence electrons. The quantitative estimate of drug-likeness (QED) is 0.0294. The summed E-state index contributed by atoms with van der Waals surface area (Å²) >= 11 is 0. The number of nitrogens with one attached hydrogen (secondary N) is 5.